The molecule has 1 saturated carbocycles. The van der Waals surface area contributed by atoms with E-state index in [1.807, 2.05) is 71.2 Å². The molecule has 0 radical (unpaired) electrons. The number of pyridine rings is 1. The molecule has 3 aliphatic heterocycles. The van der Waals surface area contributed by atoms with Gasteiger partial charge in [0, 0.05) is 82.4 Å². The zero-order valence-electron chi connectivity index (χ0n) is 41.9. The van der Waals surface area contributed by atoms with E-state index < -0.39 is 35.5 Å². The summed E-state index contributed by atoms with van der Waals surface area (Å²) in [5, 5.41) is 33.6. The average Bonchev–Trinajstić information content (AvgIpc) is 4.02. The number of thiazole rings is 1. The number of aliphatic hydroxyl groups is 1. The van der Waals surface area contributed by atoms with E-state index >= 15 is 0 Å². The average molecular weight is 1060 g/mol. The number of alkyl halides is 3. The smallest absolute Gasteiger partial charge is 0.417 e. The van der Waals surface area contributed by atoms with Gasteiger partial charge in [0.1, 0.15) is 11.6 Å². The normalized spacial score (nSPS) is 19.9. The zero-order chi connectivity index (χ0) is 52.7. The summed E-state index contributed by atoms with van der Waals surface area (Å²) < 4.78 is 59.8. The van der Waals surface area contributed by atoms with Crippen molar-refractivity contribution in [1.29, 1.82) is 0 Å². The second-order valence-corrected chi connectivity index (χ2v) is 21.1. The topological polar surface area (TPSA) is 188 Å². The fraction of sp³-hybridized carbons (Fsp3) is 0.393. The highest BCUT2D eigenvalue weighted by Crippen LogP contribution is 2.42. The van der Waals surface area contributed by atoms with E-state index in [1.54, 1.807) is 6.07 Å². The highest BCUT2D eigenvalue weighted by molar-refractivity contribution is 7.22. The number of carbonyl (C=O) groups is 3. The van der Waals surface area contributed by atoms with Gasteiger partial charge in [0.25, 0.3) is 0 Å². The third-order valence-electron chi connectivity index (χ3n) is 15.3. The summed E-state index contributed by atoms with van der Waals surface area (Å²) in [5.41, 5.74) is 4.07. The maximum absolute atomic E-state index is 14.9. The van der Waals surface area contributed by atoms with Crippen molar-refractivity contribution < 1.29 is 47.2 Å². The van der Waals surface area contributed by atoms with Gasteiger partial charge in [0.15, 0.2) is 17.1 Å². The van der Waals surface area contributed by atoms with Crippen LogP contribution in [0.3, 0.4) is 0 Å². The van der Waals surface area contributed by atoms with Gasteiger partial charge in [-0.15, -0.1) is 0 Å². The van der Waals surface area contributed by atoms with Crippen LogP contribution >= 0.6 is 11.3 Å². The van der Waals surface area contributed by atoms with Gasteiger partial charge in [0.2, 0.25) is 11.8 Å². The first-order chi connectivity index (χ1) is 36.7. The van der Waals surface area contributed by atoms with E-state index in [2.05, 4.69) is 36.5 Å². The fourth-order valence-corrected chi connectivity index (χ4v) is 12.2. The number of para-hydroxylation sites is 2. The van der Waals surface area contributed by atoms with Crippen molar-refractivity contribution in [2.45, 2.75) is 75.9 Å². The van der Waals surface area contributed by atoms with Crippen molar-refractivity contribution in [2.75, 3.05) is 67.6 Å². The van der Waals surface area contributed by atoms with Gasteiger partial charge in [-0.2, -0.15) is 18.3 Å². The molecule has 6 heterocycles. The van der Waals surface area contributed by atoms with Gasteiger partial charge in [-0.05, 0) is 104 Å². The molecule has 2 unspecified atom stereocenters. The number of carboxylic acids is 1. The van der Waals surface area contributed by atoms with Gasteiger partial charge in [-0.1, -0.05) is 59.9 Å². The molecule has 0 spiro atoms. The van der Waals surface area contributed by atoms with Crippen molar-refractivity contribution in [3.8, 4) is 16.9 Å². The van der Waals surface area contributed by atoms with Gasteiger partial charge in [-0.3, -0.25) is 24.5 Å². The first-order valence-electron chi connectivity index (χ1n) is 25.9. The minimum atomic E-state index is -4.82. The molecule has 2 atom stereocenters. The molecular formula is C56H58F3N9O7S. The van der Waals surface area contributed by atoms with E-state index in [0.717, 1.165) is 89.6 Å². The molecule has 396 valence electrons. The number of ether oxygens (including phenoxy) is 2. The molecule has 4 N–H and O–H groups in total. The number of aryl methyl sites for hydroxylation is 1. The Balaban J connectivity index is 0.669. The molecule has 4 aliphatic rings. The van der Waals surface area contributed by atoms with E-state index in [1.165, 1.54) is 29.5 Å². The molecule has 76 heavy (non-hydrogen) atoms. The lowest BCUT2D eigenvalue weighted by Gasteiger charge is -2.36. The number of hydrogen-bond acceptors (Lipinski definition) is 14. The van der Waals surface area contributed by atoms with Crippen LogP contribution in [0.5, 0.6) is 5.75 Å². The third-order valence-corrected chi connectivity index (χ3v) is 16.3. The molecule has 3 fully saturated rings. The number of amides is 2. The van der Waals surface area contributed by atoms with Gasteiger partial charge in [-0.25, -0.2) is 14.8 Å². The van der Waals surface area contributed by atoms with Crippen molar-refractivity contribution in [3.05, 3.63) is 125 Å². The summed E-state index contributed by atoms with van der Waals surface area (Å²) >= 11 is 1.43. The molecule has 3 aromatic heterocycles. The molecule has 2 saturated heterocycles. The standard InChI is InChI=1S/C56H58F3N9O7S/c1-65-51-40(49(64-65)41-19-21-48(69)62-53(41)71)8-5-10-45(51)67-26-24-66(25-27-67)28-29-74-32-33-12-14-35(15-13-33)75-36-16-17-37(43(30-36)56(57,58)59)38-18-20-47(61-50(38)54(72)73)68-23-22-34-6-4-7-39(42(34)31-68)52(70)63-55-60-44-9-2-3-11-46(44)76-55/h2-11,16-18,20,30,33,35,41,52,70H,12-15,19,21-29,31-32H2,1H3,(H,60,63)(H,72,73)(H,62,69,71). The predicted molar refractivity (Wildman–Crippen MR) is 283 cm³/mol. The number of piperidine rings is 1. The first-order valence-corrected chi connectivity index (χ1v) is 26.7. The Morgan fingerprint density at radius 3 is 2.45 bits per heavy atom. The van der Waals surface area contributed by atoms with Crippen LogP contribution in [0.1, 0.15) is 89.1 Å². The fourth-order valence-electron chi connectivity index (χ4n) is 11.3. The summed E-state index contributed by atoms with van der Waals surface area (Å²) in [6.45, 7) is 6.08. The number of anilines is 3. The van der Waals surface area contributed by atoms with E-state index in [4.69, 9.17) is 14.6 Å². The molecule has 4 aromatic carbocycles. The number of imide groups is 1. The number of halogens is 3. The van der Waals surface area contributed by atoms with Crippen molar-refractivity contribution >= 4 is 66.9 Å². The van der Waals surface area contributed by atoms with Gasteiger partial charge in [0.05, 0.1) is 51.3 Å². The number of benzene rings is 4. The van der Waals surface area contributed by atoms with Crippen LogP contribution in [0.15, 0.2) is 91.0 Å². The Hall–Kier alpha value is -7.13. The number of nitrogens with zero attached hydrogens (tertiary/aromatic N) is 7. The number of aromatic nitrogens is 4. The molecule has 11 rings (SSSR count). The van der Waals surface area contributed by atoms with Crippen LogP contribution in [0.4, 0.5) is 29.8 Å². The highest BCUT2D eigenvalue weighted by Gasteiger charge is 2.37. The van der Waals surface area contributed by atoms with Crippen LogP contribution < -0.4 is 25.2 Å². The number of carbonyl (C=O) groups excluding carboxylic acids is 2. The molecule has 16 nitrogen and oxygen atoms in total. The first kappa shape index (κ1) is 51.0. The number of aliphatic hydroxyl groups excluding tert-OH is 1. The number of hydrogen-bond donors (Lipinski definition) is 4. The van der Waals surface area contributed by atoms with Crippen LogP contribution in [0, 0.1) is 5.92 Å². The second-order valence-electron chi connectivity index (χ2n) is 20.1. The van der Waals surface area contributed by atoms with Gasteiger partial charge >= 0.3 is 12.1 Å². The summed E-state index contributed by atoms with van der Waals surface area (Å²) in [4.78, 5) is 52.9. The van der Waals surface area contributed by atoms with E-state index in [9.17, 15) is 37.8 Å². The van der Waals surface area contributed by atoms with Crippen LogP contribution in [0.2, 0.25) is 0 Å². The molecule has 1 aliphatic carbocycles. The summed E-state index contributed by atoms with van der Waals surface area (Å²) in [6, 6.07) is 26.1. The third kappa shape index (κ3) is 10.7. The maximum atomic E-state index is 14.9. The lowest BCUT2D eigenvalue weighted by atomic mass is 9.88. The van der Waals surface area contributed by atoms with Crippen LogP contribution in [0.25, 0.3) is 32.2 Å². The molecule has 0 bridgehead atoms. The Kier molecular flexibility index (Phi) is 14.4. The van der Waals surface area contributed by atoms with Gasteiger partial charge < -0.3 is 34.8 Å². The van der Waals surface area contributed by atoms with Crippen molar-refractivity contribution in [3.63, 3.8) is 0 Å². The maximum Gasteiger partial charge on any atom is 0.417 e. The van der Waals surface area contributed by atoms with Crippen LogP contribution in [-0.4, -0.2) is 111 Å². The Morgan fingerprint density at radius 2 is 1.67 bits per heavy atom. The number of nitrogens with one attached hydrogen (secondary N) is 2. The van der Waals surface area contributed by atoms with Crippen LogP contribution in [-0.2, 0) is 40.5 Å². The Morgan fingerprint density at radius 1 is 0.882 bits per heavy atom. The second kappa shape index (κ2) is 21.5. The largest absolute Gasteiger partial charge is 0.490 e. The molecule has 20 heteroatoms. The summed E-state index contributed by atoms with van der Waals surface area (Å²) in [5.74, 6) is -1.81. The Bertz CT molecular complexity index is 3280. The lowest BCUT2D eigenvalue weighted by molar-refractivity contribution is -0.137. The van der Waals surface area contributed by atoms with Crippen molar-refractivity contribution in [2.24, 2.45) is 13.0 Å². The molecule has 2 amide bonds. The zero-order valence-corrected chi connectivity index (χ0v) is 42.7. The number of fused-ring (bicyclic) bond motifs is 3. The number of piperazine rings is 1. The minimum absolute atomic E-state index is 0.0638. The number of rotatable bonds is 15. The molecular weight excluding hydrogens is 1000 g/mol. The number of carboxylic acid groups (broad SMARTS) is 1. The molecule has 7 aromatic rings. The lowest BCUT2D eigenvalue weighted by Crippen LogP contribution is -2.47. The SMILES string of the molecule is Cn1nc(C2CCC(=O)NC2=O)c2cccc(N3CCN(CCOCC4CCC(Oc5ccc(-c6ccc(N7CCc8cccc(C(O)Nc9nc%10ccccc%10s9)c8C7)nc6C(=O)O)c(C(F)(F)F)c5)CC4)CC3)c21. The van der Waals surface area contributed by atoms with E-state index in [-0.39, 0.29) is 41.3 Å². The minimum Gasteiger partial charge on any atom is -0.490 e. The van der Waals surface area contributed by atoms with E-state index in [0.29, 0.717) is 80.0 Å². The van der Waals surface area contributed by atoms with Crippen molar-refractivity contribution in [1.82, 2.24) is 30.0 Å². The Labute approximate surface area is 440 Å². The highest BCUT2D eigenvalue weighted by atomic mass is 32.1. The summed E-state index contributed by atoms with van der Waals surface area (Å²) in [6.07, 6.45) is -1.94. The number of aromatic carboxylic acids is 1. The monoisotopic (exact) mass is 1060 g/mol. The predicted octanol–water partition coefficient (Wildman–Crippen LogP) is 8.92. The quantitative estimate of drug-likeness (QED) is 0.0433. The summed E-state index contributed by atoms with van der Waals surface area (Å²) in [7, 11) is 1.89.